The number of hydrogen-bond acceptors (Lipinski definition) is 5. The number of allylic oxidation sites excluding steroid dienone is 1. The molecule has 2 aromatic carbocycles. The summed E-state index contributed by atoms with van der Waals surface area (Å²) >= 11 is 7.55. The van der Waals surface area contributed by atoms with E-state index in [0.717, 1.165) is 11.3 Å². The molecule has 0 fully saturated rings. The summed E-state index contributed by atoms with van der Waals surface area (Å²) in [5.41, 5.74) is 1.15. The maximum Gasteiger partial charge on any atom is 0.338 e. The lowest BCUT2D eigenvalue weighted by atomic mass is 9.96. The van der Waals surface area contributed by atoms with Gasteiger partial charge in [0.2, 0.25) is 0 Å². The summed E-state index contributed by atoms with van der Waals surface area (Å²) in [5, 5.41) is 0.405. The third-order valence-corrected chi connectivity index (χ3v) is 6.15. The van der Waals surface area contributed by atoms with Crippen LogP contribution in [0.25, 0.3) is 6.08 Å². The Morgan fingerprint density at radius 1 is 1.23 bits per heavy atom. The maximum absolute atomic E-state index is 14.1. The predicted octanol–water partition coefficient (Wildman–Crippen LogP) is 3.20. The van der Waals surface area contributed by atoms with Crippen LogP contribution >= 0.6 is 22.9 Å². The molecule has 3 aromatic rings. The molecule has 0 saturated heterocycles. The predicted molar refractivity (Wildman–Crippen MR) is 114 cm³/mol. The topological polar surface area (TPSA) is 60.7 Å². The fourth-order valence-electron chi connectivity index (χ4n) is 3.42. The van der Waals surface area contributed by atoms with E-state index in [9.17, 15) is 14.0 Å². The quantitative estimate of drug-likeness (QED) is 0.585. The lowest BCUT2D eigenvalue weighted by Gasteiger charge is -2.25. The van der Waals surface area contributed by atoms with Crippen molar-refractivity contribution in [3.8, 4) is 0 Å². The lowest BCUT2D eigenvalue weighted by molar-refractivity contribution is -0.136. The van der Waals surface area contributed by atoms with E-state index in [-0.39, 0.29) is 11.1 Å². The number of esters is 1. The van der Waals surface area contributed by atoms with Crippen molar-refractivity contribution < 1.29 is 13.9 Å². The molecule has 4 rings (SSSR count). The molecule has 0 unspecified atom stereocenters. The number of methoxy groups -OCH3 is 1. The van der Waals surface area contributed by atoms with Crippen molar-refractivity contribution in [1.29, 1.82) is 0 Å². The Bertz CT molecular complexity index is 1370. The zero-order valence-corrected chi connectivity index (χ0v) is 17.6. The molecule has 8 heteroatoms. The number of rotatable bonds is 3. The molecule has 1 aliphatic heterocycles. The molecule has 5 nitrogen and oxygen atoms in total. The summed E-state index contributed by atoms with van der Waals surface area (Å²) < 4.78 is 20.8. The van der Waals surface area contributed by atoms with Gasteiger partial charge in [-0.1, -0.05) is 59.3 Å². The number of carbonyl (C=O) groups excluding carboxylic acids is 1. The van der Waals surface area contributed by atoms with Crippen LogP contribution in [0, 0.1) is 5.82 Å². The maximum atomic E-state index is 14.1. The summed E-state index contributed by atoms with van der Waals surface area (Å²) in [6, 6.07) is 12.4. The Morgan fingerprint density at radius 3 is 2.63 bits per heavy atom. The first-order valence-corrected chi connectivity index (χ1v) is 10.2. The van der Waals surface area contributed by atoms with Crippen LogP contribution in [0.5, 0.6) is 0 Å². The van der Waals surface area contributed by atoms with Gasteiger partial charge in [-0.05, 0) is 30.7 Å². The van der Waals surface area contributed by atoms with Crippen molar-refractivity contribution in [3.05, 3.63) is 101 Å². The van der Waals surface area contributed by atoms with Crippen molar-refractivity contribution in [2.45, 2.75) is 13.0 Å². The molecule has 1 aromatic heterocycles. The first-order valence-electron chi connectivity index (χ1n) is 9.02. The summed E-state index contributed by atoms with van der Waals surface area (Å²) in [6.07, 6.45) is 1.49. The van der Waals surface area contributed by atoms with Gasteiger partial charge in [-0.25, -0.2) is 14.2 Å². The molecule has 2 heterocycles. The lowest BCUT2D eigenvalue weighted by Crippen LogP contribution is -2.39. The number of aromatic nitrogens is 1. The monoisotopic (exact) mass is 442 g/mol. The SMILES string of the molecule is COC(=O)C1=C(C)N=c2sc(=Cc3ccccc3F)c(=O)n2[C@@H]1c1ccccc1Cl. The van der Waals surface area contributed by atoms with Crippen LogP contribution in [0.15, 0.2) is 69.6 Å². The molecule has 152 valence electrons. The van der Waals surface area contributed by atoms with E-state index in [1.165, 1.54) is 23.8 Å². The molecular weight excluding hydrogens is 427 g/mol. The van der Waals surface area contributed by atoms with Gasteiger partial charge in [-0.15, -0.1) is 0 Å². The zero-order valence-electron chi connectivity index (χ0n) is 16.1. The van der Waals surface area contributed by atoms with Crippen LogP contribution in [-0.4, -0.2) is 17.6 Å². The number of hydrogen-bond donors (Lipinski definition) is 0. The fourth-order valence-corrected chi connectivity index (χ4v) is 4.69. The Morgan fingerprint density at radius 2 is 1.93 bits per heavy atom. The Hall–Kier alpha value is -3.03. The van der Waals surface area contributed by atoms with Crippen LogP contribution < -0.4 is 14.9 Å². The summed E-state index contributed by atoms with van der Waals surface area (Å²) in [7, 11) is 1.27. The summed E-state index contributed by atoms with van der Waals surface area (Å²) in [6.45, 7) is 1.68. The Labute approximate surface area is 180 Å². The molecule has 0 bridgehead atoms. The van der Waals surface area contributed by atoms with Crippen molar-refractivity contribution in [3.63, 3.8) is 0 Å². The average molecular weight is 443 g/mol. The number of fused-ring (bicyclic) bond motifs is 1. The van der Waals surface area contributed by atoms with E-state index in [2.05, 4.69) is 4.99 Å². The minimum absolute atomic E-state index is 0.232. The van der Waals surface area contributed by atoms with Crippen LogP contribution in [0.2, 0.25) is 5.02 Å². The van der Waals surface area contributed by atoms with Crippen LogP contribution in [0.4, 0.5) is 4.39 Å². The fraction of sp³-hybridized carbons (Fsp3) is 0.136. The second-order valence-corrected chi connectivity index (χ2v) is 8.03. The zero-order chi connectivity index (χ0) is 21.4. The molecule has 30 heavy (non-hydrogen) atoms. The van der Waals surface area contributed by atoms with E-state index in [1.807, 2.05) is 0 Å². The molecule has 0 saturated carbocycles. The van der Waals surface area contributed by atoms with Crippen molar-refractivity contribution >= 4 is 35.0 Å². The first-order chi connectivity index (χ1) is 14.4. The molecule has 0 radical (unpaired) electrons. The molecule has 0 N–H and O–H groups in total. The molecule has 0 spiro atoms. The number of benzene rings is 2. The summed E-state index contributed by atoms with van der Waals surface area (Å²) in [5.74, 6) is -1.03. The summed E-state index contributed by atoms with van der Waals surface area (Å²) in [4.78, 5) is 30.8. The largest absolute Gasteiger partial charge is 0.466 e. The second-order valence-electron chi connectivity index (χ2n) is 6.62. The van der Waals surface area contributed by atoms with Gasteiger partial charge in [0.1, 0.15) is 11.9 Å². The van der Waals surface area contributed by atoms with Crippen molar-refractivity contribution in [1.82, 2.24) is 4.57 Å². The van der Waals surface area contributed by atoms with Gasteiger partial charge >= 0.3 is 5.97 Å². The van der Waals surface area contributed by atoms with Crippen LogP contribution in [-0.2, 0) is 9.53 Å². The molecule has 1 aliphatic rings. The Kier molecular flexibility index (Phi) is 5.40. The van der Waals surface area contributed by atoms with Crippen LogP contribution in [0.1, 0.15) is 24.1 Å². The highest BCUT2D eigenvalue weighted by Crippen LogP contribution is 2.34. The van der Waals surface area contributed by atoms with Gasteiger partial charge in [0.25, 0.3) is 5.56 Å². The molecular formula is C22H16ClFN2O3S. The van der Waals surface area contributed by atoms with Crippen molar-refractivity contribution in [2.75, 3.05) is 7.11 Å². The smallest absolute Gasteiger partial charge is 0.338 e. The van der Waals surface area contributed by atoms with Gasteiger partial charge in [-0.3, -0.25) is 9.36 Å². The highest BCUT2D eigenvalue weighted by Gasteiger charge is 2.34. The van der Waals surface area contributed by atoms with Crippen molar-refractivity contribution in [2.24, 2.45) is 4.99 Å². The van der Waals surface area contributed by atoms with Gasteiger partial charge in [-0.2, -0.15) is 0 Å². The highest BCUT2D eigenvalue weighted by molar-refractivity contribution is 7.07. The van der Waals surface area contributed by atoms with Gasteiger partial charge < -0.3 is 4.74 Å². The minimum atomic E-state index is -0.801. The average Bonchev–Trinajstić information content (AvgIpc) is 3.03. The van der Waals surface area contributed by atoms with Gasteiger partial charge in [0.15, 0.2) is 4.80 Å². The van der Waals surface area contributed by atoms with E-state index in [1.54, 1.807) is 49.4 Å². The number of carbonyl (C=O) groups is 1. The minimum Gasteiger partial charge on any atom is -0.466 e. The number of halogens is 2. The normalized spacial score (nSPS) is 16.3. The number of ether oxygens (including phenoxy) is 1. The first kappa shape index (κ1) is 20.3. The molecule has 0 amide bonds. The highest BCUT2D eigenvalue weighted by atomic mass is 35.5. The number of nitrogens with zero attached hydrogens (tertiary/aromatic N) is 2. The number of thiazole rings is 1. The molecule has 1 atom stereocenters. The van der Waals surface area contributed by atoms with Gasteiger partial charge in [0.05, 0.1) is 22.9 Å². The van der Waals surface area contributed by atoms with Gasteiger partial charge in [0, 0.05) is 10.6 Å². The van der Waals surface area contributed by atoms with Crippen LogP contribution in [0.3, 0.4) is 0 Å². The van der Waals surface area contributed by atoms with E-state index in [0.29, 0.717) is 31.2 Å². The molecule has 0 aliphatic carbocycles. The standard InChI is InChI=1S/C22H16ClFN2O3S/c1-12-18(21(28)29-2)19(14-8-4-5-9-15(14)23)26-20(27)17(30-22(26)25-12)11-13-7-3-6-10-16(13)24/h3-11,19H,1-2H3/t19-/m1/s1. The van der Waals surface area contributed by atoms with E-state index < -0.39 is 17.8 Å². The van der Waals surface area contributed by atoms with E-state index >= 15 is 0 Å². The third-order valence-electron chi connectivity index (χ3n) is 4.82. The second kappa shape index (κ2) is 8.01. The Balaban J connectivity index is 2.03. The van der Waals surface area contributed by atoms with E-state index in [4.69, 9.17) is 16.3 Å². The third kappa shape index (κ3) is 3.40.